The Morgan fingerprint density at radius 2 is 1.91 bits per heavy atom. The van der Waals surface area contributed by atoms with Crippen LogP contribution < -0.4 is 5.32 Å². The number of hydrogen-bond donors (Lipinski definition) is 1. The molecule has 0 radical (unpaired) electrons. The lowest BCUT2D eigenvalue weighted by Crippen LogP contribution is -2.23. The molecule has 1 N–H and O–H groups in total. The topological polar surface area (TPSA) is 42.0 Å². The Morgan fingerprint density at radius 1 is 1.17 bits per heavy atom. The molecule has 1 heterocycles. The molecule has 0 bridgehead atoms. The molecule has 0 atom stereocenters. The number of nitrogens with one attached hydrogen (secondary N) is 1. The first-order chi connectivity index (χ1) is 11.0. The summed E-state index contributed by atoms with van der Waals surface area (Å²) in [5, 5.41) is 3.54. The van der Waals surface area contributed by atoms with E-state index in [0.717, 1.165) is 11.1 Å². The lowest BCUT2D eigenvalue weighted by Gasteiger charge is -2.08. The minimum atomic E-state index is -0.391. The van der Waals surface area contributed by atoms with E-state index in [0.29, 0.717) is 17.4 Å². The number of carbonyl (C=O) groups is 1. The van der Waals surface area contributed by atoms with Crippen molar-refractivity contribution in [3.63, 3.8) is 0 Å². The van der Waals surface area contributed by atoms with E-state index < -0.39 is 5.82 Å². The summed E-state index contributed by atoms with van der Waals surface area (Å²) < 4.78 is 13.2. The van der Waals surface area contributed by atoms with Gasteiger partial charge in [0.15, 0.2) is 0 Å². The van der Waals surface area contributed by atoms with Gasteiger partial charge in [-0.3, -0.25) is 4.79 Å². The molecule has 0 aliphatic carbocycles. The van der Waals surface area contributed by atoms with Gasteiger partial charge in [-0.15, -0.1) is 0 Å². The summed E-state index contributed by atoms with van der Waals surface area (Å²) in [6.07, 6.45) is 0. The fourth-order valence-electron chi connectivity index (χ4n) is 2.26. The molecule has 0 unspecified atom stereocenters. The molecule has 1 amide bonds. The van der Waals surface area contributed by atoms with Gasteiger partial charge in [0.05, 0.1) is 11.1 Å². The van der Waals surface area contributed by atoms with E-state index in [1.807, 2.05) is 31.2 Å². The van der Waals surface area contributed by atoms with E-state index in [2.05, 4.69) is 10.3 Å². The molecule has 5 heteroatoms. The van der Waals surface area contributed by atoms with Gasteiger partial charge >= 0.3 is 0 Å². The number of aryl methyl sites for hydroxylation is 1. The number of nitrogens with zero attached hydrogens (tertiary/aromatic N) is 1. The molecule has 0 aliphatic heterocycles. The zero-order valence-corrected chi connectivity index (χ0v) is 13.2. The number of pyridine rings is 1. The number of benzene rings is 2. The van der Waals surface area contributed by atoms with Crippen molar-refractivity contribution in [1.29, 1.82) is 0 Å². The van der Waals surface area contributed by atoms with Crippen LogP contribution in [0.25, 0.3) is 10.9 Å². The second-order valence-electron chi connectivity index (χ2n) is 5.33. The van der Waals surface area contributed by atoms with Crippen molar-refractivity contribution < 1.29 is 9.18 Å². The average Bonchev–Trinajstić information content (AvgIpc) is 2.53. The van der Waals surface area contributed by atoms with Crippen LogP contribution in [0.4, 0.5) is 4.39 Å². The largest absolute Gasteiger partial charge is 0.348 e. The van der Waals surface area contributed by atoms with Gasteiger partial charge in [-0.05, 0) is 30.7 Å². The van der Waals surface area contributed by atoms with E-state index in [9.17, 15) is 9.18 Å². The van der Waals surface area contributed by atoms with E-state index in [4.69, 9.17) is 11.6 Å². The molecule has 0 saturated carbocycles. The third-order valence-electron chi connectivity index (χ3n) is 3.55. The number of fused-ring (bicyclic) bond motifs is 1. The quantitative estimate of drug-likeness (QED) is 0.730. The molecule has 0 saturated heterocycles. The van der Waals surface area contributed by atoms with Gasteiger partial charge in [0.1, 0.15) is 11.0 Å². The lowest BCUT2D eigenvalue weighted by atomic mass is 10.1. The Bertz CT molecular complexity index is 878. The maximum absolute atomic E-state index is 13.2. The zero-order chi connectivity index (χ0) is 16.4. The Balaban J connectivity index is 1.81. The maximum Gasteiger partial charge on any atom is 0.254 e. The second-order valence-corrected chi connectivity index (χ2v) is 5.69. The van der Waals surface area contributed by atoms with Crippen LogP contribution in [0.2, 0.25) is 5.15 Å². The van der Waals surface area contributed by atoms with Crippen LogP contribution in [0.3, 0.4) is 0 Å². The van der Waals surface area contributed by atoms with E-state index >= 15 is 0 Å². The van der Waals surface area contributed by atoms with Crippen molar-refractivity contribution >= 4 is 28.4 Å². The third kappa shape index (κ3) is 3.48. The van der Waals surface area contributed by atoms with Gasteiger partial charge in [-0.1, -0.05) is 41.4 Å². The van der Waals surface area contributed by atoms with Crippen LogP contribution in [-0.4, -0.2) is 10.9 Å². The molecule has 0 fully saturated rings. The van der Waals surface area contributed by atoms with Crippen LogP contribution in [0, 0.1) is 12.7 Å². The number of amides is 1. The Kier molecular flexibility index (Phi) is 4.26. The summed E-state index contributed by atoms with van der Waals surface area (Å²) >= 11 is 6.06. The molecular formula is C18H14ClFN2O. The summed E-state index contributed by atoms with van der Waals surface area (Å²) in [5.41, 5.74) is 2.85. The molecule has 116 valence electrons. The standard InChI is InChI=1S/C18H14ClFN2O/c1-11-2-4-12(5-3-11)10-21-18(23)15-8-13-6-7-14(20)9-16(13)22-17(15)19/h2-9H,10H2,1H3,(H,21,23). The SMILES string of the molecule is Cc1ccc(CNC(=O)c2cc3ccc(F)cc3nc2Cl)cc1. The molecule has 3 rings (SSSR count). The zero-order valence-electron chi connectivity index (χ0n) is 12.4. The highest BCUT2D eigenvalue weighted by Crippen LogP contribution is 2.21. The second kappa shape index (κ2) is 6.34. The normalized spacial score (nSPS) is 10.7. The van der Waals surface area contributed by atoms with Gasteiger partial charge < -0.3 is 5.32 Å². The number of halogens is 2. The minimum Gasteiger partial charge on any atom is -0.348 e. The fourth-order valence-corrected chi connectivity index (χ4v) is 2.49. The van der Waals surface area contributed by atoms with Gasteiger partial charge in [-0.25, -0.2) is 9.37 Å². The predicted molar refractivity (Wildman–Crippen MR) is 89.1 cm³/mol. The number of aromatic nitrogens is 1. The van der Waals surface area contributed by atoms with Crippen LogP contribution in [0.15, 0.2) is 48.5 Å². The summed E-state index contributed by atoms with van der Waals surface area (Å²) in [5.74, 6) is -0.702. The van der Waals surface area contributed by atoms with E-state index in [1.165, 1.54) is 12.1 Å². The molecule has 0 spiro atoms. The Hall–Kier alpha value is -2.46. The smallest absolute Gasteiger partial charge is 0.254 e. The summed E-state index contributed by atoms with van der Waals surface area (Å²) in [4.78, 5) is 16.4. The van der Waals surface area contributed by atoms with Gasteiger partial charge in [0.2, 0.25) is 0 Å². The molecule has 0 aliphatic rings. The molecule has 3 nitrogen and oxygen atoms in total. The number of carbonyl (C=O) groups excluding carboxylic acids is 1. The van der Waals surface area contributed by atoms with Crippen LogP contribution >= 0.6 is 11.6 Å². The highest BCUT2D eigenvalue weighted by molar-refractivity contribution is 6.33. The average molecular weight is 329 g/mol. The third-order valence-corrected chi connectivity index (χ3v) is 3.84. The van der Waals surface area contributed by atoms with E-state index in [-0.39, 0.29) is 16.6 Å². The van der Waals surface area contributed by atoms with Crippen molar-refractivity contribution in [2.75, 3.05) is 0 Å². The molecule has 23 heavy (non-hydrogen) atoms. The highest BCUT2D eigenvalue weighted by atomic mass is 35.5. The Labute approximate surface area is 138 Å². The predicted octanol–water partition coefficient (Wildman–Crippen LogP) is 4.27. The van der Waals surface area contributed by atoms with Crippen molar-refractivity contribution in [2.24, 2.45) is 0 Å². The molecule has 1 aromatic heterocycles. The summed E-state index contributed by atoms with van der Waals surface area (Å²) in [7, 11) is 0. The van der Waals surface area contributed by atoms with Crippen LogP contribution in [0.1, 0.15) is 21.5 Å². The van der Waals surface area contributed by atoms with E-state index in [1.54, 1.807) is 12.1 Å². The summed E-state index contributed by atoms with van der Waals surface area (Å²) in [6.45, 7) is 2.41. The molecular weight excluding hydrogens is 315 g/mol. The highest BCUT2D eigenvalue weighted by Gasteiger charge is 2.13. The first kappa shape index (κ1) is 15.4. The first-order valence-corrected chi connectivity index (χ1v) is 7.50. The van der Waals surface area contributed by atoms with Gasteiger partial charge in [0.25, 0.3) is 5.91 Å². The molecule has 3 aromatic rings. The van der Waals surface area contributed by atoms with Crippen LogP contribution in [-0.2, 0) is 6.54 Å². The van der Waals surface area contributed by atoms with Crippen molar-refractivity contribution in [1.82, 2.24) is 10.3 Å². The van der Waals surface area contributed by atoms with Gasteiger partial charge in [0, 0.05) is 18.0 Å². The minimum absolute atomic E-state index is 0.0597. The maximum atomic E-state index is 13.2. The van der Waals surface area contributed by atoms with Crippen molar-refractivity contribution in [2.45, 2.75) is 13.5 Å². The Morgan fingerprint density at radius 3 is 2.65 bits per heavy atom. The van der Waals surface area contributed by atoms with Crippen molar-refractivity contribution in [3.8, 4) is 0 Å². The number of rotatable bonds is 3. The fraction of sp³-hybridized carbons (Fsp3) is 0.111. The molecule has 2 aromatic carbocycles. The number of hydrogen-bond acceptors (Lipinski definition) is 2. The van der Waals surface area contributed by atoms with Crippen molar-refractivity contribution in [3.05, 3.63) is 76.2 Å². The summed E-state index contributed by atoms with van der Waals surface area (Å²) in [6, 6.07) is 13.7. The first-order valence-electron chi connectivity index (χ1n) is 7.12. The van der Waals surface area contributed by atoms with Gasteiger partial charge in [-0.2, -0.15) is 0 Å². The monoisotopic (exact) mass is 328 g/mol. The van der Waals surface area contributed by atoms with Crippen LogP contribution in [0.5, 0.6) is 0 Å². The lowest BCUT2D eigenvalue weighted by molar-refractivity contribution is 0.0951.